The first-order valence-electron chi connectivity index (χ1n) is 11.0. The Kier molecular flexibility index (Phi) is 11.1. The van der Waals surface area contributed by atoms with Gasteiger partial charge in [-0.15, -0.1) is 48.3 Å². The van der Waals surface area contributed by atoms with Gasteiger partial charge in [0, 0.05) is 41.1 Å². The van der Waals surface area contributed by atoms with Crippen molar-refractivity contribution < 1.29 is 4.74 Å². The van der Waals surface area contributed by atoms with Crippen molar-refractivity contribution in [3.05, 3.63) is 65.2 Å². The summed E-state index contributed by atoms with van der Waals surface area (Å²) in [6, 6.07) is 18.4. The van der Waals surface area contributed by atoms with Gasteiger partial charge in [-0.1, -0.05) is 56.3 Å². The fourth-order valence-corrected chi connectivity index (χ4v) is 7.85. The molecule has 0 radical (unpaired) electrons. The Morgan fingerprint density at radius 3 is 2.47 bits per heavy atom. The molecule has 2 aromatic rings. The third-order valence-electron chi connectivity index (χ3n) is 6.41. The molecule has 2 saturated heterocycles. The zero-order chi connectivity index (χ0) is 21.0. The first-order chi connectivity index (χ1) is 14.6. The normalized spacial score (nSPS) is 21.5. The number of thioether (sulfide) groups is 2. The number of hydrogen-bond acceptors (Lipinski definition) is 5. The van der Waals surface area contributed by atoms with Gasteiger partial charge in [0.1, 0.15) is 5.75 Å². The quantitative estimate of drug-likeness (QED) is 0.459. The van der Waals surface area contributed by atoms with Crippen LogP contribution in [-0.4, -0.2) is 35.8 Å². The van der Waals surface area contributed by atoms with Crippen molar-refractivity contribution >= 4 is 48.3 Å². The number of methoxy groups -OCH3 is 1. The Morgan fingerprint density at radius 1 is 1.06 bits per heavy atom. The van der Waals surface area contributed by atoms with Crippen molar-refractivity contribution in [2.75, 3.05) is 25.2 Å². The molecule has 3 nitrogen and oxygen atoms in total. The van der Waals surface area contributed by atoms with Crippen LogP contribution in [0.25, 0.3) is 0 Å². The highest BCUT2D eigenvalue weighted by Crippen LogP contribution is 2.46. The van der Waals surface area contributed by atoms with Gasteiger partial charge in [0.25, 0.3) is 0 Å². The summed E-state index contributed by atoms with van der Waals surface area (Å²) in [5, 5.41) is 7.58. The smallest absolute Gasteiger partial charge is 0.123 e. The first kappa shape index (κ1) is 27.7. The van der Waals surface area contributed by atoms with E-state index in [1.165, 1.54) is 41.0 Å². The molecule has 2 aliphatic heterocycles. The monoisotopic (exact) mass is 514 g/mol. The molecule has 0 bridgehead atoms. The third kappa shape index (κ3) is 6.31. The summed E-state index contributed by atoms with van der Waals surface area (Å²) in [6.07, 6.45) is 2.40. The number of piperidine rings is 1. The van der Waals surface area contributed by atoms with Crippen LogP contribution in [0.3, 0.4) is 0 Å². The lowest BCUT2D eigenvalue weighted by atomic mass is 9.85. The van der Waals surface area contributed by atoms with Crippen LogP contribution in [0.15, 0.2) is 48.5 Å². The predicted molar refractivity (Wildman–Crippen MR) is 146 cm³/mol. The van der Waals surface area contributed by atoms with E-state index in [0.29, 0.717) is 16.7 Å². The van der Waals surface area contributed by atoms with Crippen LogP contribution in [-0.2, 0) is 12.0 Å². The van der Waals surface area contributed by atoms with Crippen LogP contribution in [0.5, 0.6) is 5.75 Å². The first-order valence-corrected chi connectivity index (χ1v) is 13.1. The third-order valence-corrected chi connectivity index (χ3v) is 10.1. The van der Waals surface area contributed by atoms with Crippen LogP contribution in [0.2, 0.25) is 0 Å². The molecule has 2 aromatic carbocycles. The summed E-state index contributed by atoms with van der Waals surface area (Å²) in [5.41, 5.74) is 4.18. The lowest BCUT2D eigenvalue weighted by Crippen LogP contribution is -2.45. The maximum atomic E-state index is 5.72. The van der Waals surface area contributed by atoms with Crippen molar-refractivity contribution in [3.63, 3.8) is 0 Å². The standard InChI is InChI=1S/C25H34N2OS2.2ClH/c1-25(2,24-29-14-15-30-24)20-11-12-22(28-3)19(16-20)17-27-21-10-7-13-26-23(21)18-8-5-4-6-9-18;;/h4-6,8-9,11-12,16,21,23-24,26-27H,7,10,13-15,17H2,1-3H3;2*1H/t21-,23-;;/m0../s1. The van der Waals surface area contributed by atoms with Gasteiger partial charge in [-0.2, -0.15) is 0 Å². The van der Waals surface area contributed by atoms with Crippen molar-refractivity contribution in [1.29, 1.82) is 0 Å². The number of nitrogens with one attached hydrogen (secondary N) is 2. The number of ether oxygens (including phenoxy) is 1. The van der Waals surface area contributed by atoms with Gasteiger partial charge in [-0.05, 0) is 36.6 Å². The minimum absolute atomic E-state index is 0. The molecule has 2 atom stereocenters. The average Bonchev–Trinajstić information content (AvgIpc) is 3.34. The molecule has 0 amide bonds. The molecular weight excluding hydrogens is 479 g/mol. The van der Waals surface area contributed by atoms with E-state index in [4.69, 9.17) is 4.74 Å². The minimum Gasteiger partial charge on any atom is -0.496 e. The van der Waals surface area contributed by atoms with Crippen molar-refractivity contribution in [3.8, 4) is 5.75 Å². The Labute approximate surface area is 214 Å². The number of halogens is 2. The molecule has 0 aliphatic carbocycles. The average molecular weight is 516 g/mol. The highest BCUT2D eigenvalue weighted by molar-refractivity contribution is 8.20. The lowest BCUT2D eigenvalue weighted by molar-refractivity contribution is 0.302. The number of hydrogen-bond donors (Lipinski definition) is 2. The van der Waals surface area contributed by atoms with Gasteiger partial charge < -0.3 is 15.4 Å². The maximum Gasteiger partial charge on any atom is 0.123 e. The second kappa shape index (κ2) is 12.8. The van der Waals surface area contributed by atoms with Gasteiger partial charge in [0.05, 0.1) is 11.7 Å². The van der Waals surface area contributed by atoms with E-state index in [1.807, 2.05) is 0 Å². The van der Waals surface area contributed by atoms with Crippen LogP contribution in [0, 0.1) is 0 Å². The molecule has 2 fully saturated rings. The van der Waals surface area contributed by atoms with E-state index in [0.717, 1.165) is 18.8 Å². The molecule has 4 rings (SSSR count). The van der Waals surface area contributed by atoms with E-state index >= 15 is 0 Å². The molecule has 0 unspecified atom stereocenters. The summed E-state index contributed by atoms with van der Waals surface area (Å²) in [4.78, 5) is 0. The van der Waals surface area contributed by atoms with Crippen molar-refractivity contribution in [1.82, 2.24) is 10.6 Å². The molecule has 0 spiro atoms. The van der Waals surface area contributed by atoms with Gasteiger partial charge in [-0.25, -0.2) is 0 Å². The van der Waals surface area contributed by atoms with E-state index < -0.39 is 0 Å². The Morgan fingerprint density at radius 2 is 1.78 bits per heavy atom. The number of rotatable bonds is 7. The molecule has 32 heavy (non-hydrogen) atoms. The summed E-state index contributed by atoms with van der Waals surface area (Å²) in [7, 11) is 1.78. The highest BCUT2D eigenvalue weighted by atomic mass is 35.5. The molecule has 178 valence electrons. The molecule has 0 aromatic heterocycles. The van der Waals surface area contributed by atoms with E-state index in [-0.39, 0.29) is 30.2 Å². The maximum absolute atomic E-state index is 5.72. The summed E-state index contributed by atoms with van der Waals surface area (Å²) >= 11 is 4.20. The predicted octanol–water partition coefficient (Wildman–Crippen LogP) is 6.21. The summed E-state index contributed by atoms with van der Waals surface area (Å²) in [5.74, 6) is 3.51. The Hall–Kier alpha value is -0.560. The highest BCUT2D eigenvalue weighted by Gasteiger charge is 2.35. The molecule has 2 heterocycles. The van der Waals surface area contributed by atoms with Gasteiger partial charge in [-0.3, -0.25) is 0 Å². The van der Waals surface area contributed by atoms with Gasteiger partial charge in [0.15, 0.2) is 0 Å². The molecular formula is C25H36Cl2N2OS2. The molecule has 2 aliphatic rings. The fourth-order valence-electron chi connectivity index (χ4n) is 4.59. The van der Waals surface area contributed by atoms with Crippen molar-refractivity contribution in [2.24, 2.45) is 0 Å². The Bertz CT molecular complexity index is 832. The van der Waals surface area contributed by atoms with E-state index in [1.54, 1.807) is 7.11 Å². The van der Waals surface area contributed by atoms with Crippen LogP contribution < -0.4 is 15.4 Å². The zero-order valence-electron chi connectivity index (χ0n) is 19.1. The fraction of sp³-hybridized carbons (Fsp3) is 0.520. The SMILES string of the molecule is COc1ccc(C(C)(C)C2SCCS2)cc1CN[C@H]1CCCN[C@H]1c1ccccc1.Cl.Cl. The minimum atomic E-state index is 0. The second-order valence-electron chi connectivity index (χ2n) is 8.79. The molecule has 0 saturated carbocycles. The largest absolute Gasteiger partial charge is 0.496 e. The van der Waals surface area contributed by atoms with Crippen LogP contribution in [0.1, 0.15) is 49.4 Å². The molecule has 2 N–H and O–H groups in total. The zero-order valence-corrected chi connectivity index (χ0v) is 22.4. The van der Waals surface area contributed by atoms with Gasteiger partial charge >= 0.3 is 0 Å². The molecule has 7 heteroatoms. The second-order valence-corrected chi connectivity index (χ2v) is 11.5. The number of benzene rings is 2. The van der Waals surface area contributed by atoms with E-state index in [2.05, 4.69) is 96.5 Å². The van der Waals surface area contributed by atoms with Crippen LogP contribution >= 0.6 is 48.3 Å². The summed E-state index contributed by atoms with van der Waals surface area (Å²) in [6.45, 7) is 6.69. The lowest BCUT2D eigenvalue weighted by Gasteiger charge is -2.34. The Balaban J connectivity index is 0.00000181. The van der Waals surface area contributed by atoms with Crippen molar-refractivity contribution in [2.45, 2.75) is 55.3 Å². The van der Waals surface area contributed by atoms with E-state index in [9.17, 15) is 0 Å². The van der Waals surface area contributed by atoms with Crippen LogP contribution in [0.4, 0.5) is 0 Å². The van der Waals surface area contributed by atoms with Gasteiger partial charge in [0.2, 0.25) is 0 Å². The topological polar surface area (TPSA) is 33.3 Å². The summed E-state index contributed by atoms with van der Waals surface area (Å²) < 4.78 is 6.35.